The van der Waals surface area contributed by atoms with Gasteiger partial charge in [-0.3, -0.25) is 5.41 Å². The molecule has 0 aromatic rings. The van der Waals surface area contributed by atoms with Crippen molar-refractivity contribution in [3.63, 3.8) is 0 Å². The van der Waals surface area contributed by atoms with Crippen LogP contribution in [0, 0.1) is 16.7 Å². The van der Waals surface area contributed by atoms with Gasteiger partial charge in [-0.2, -0.15) is 10.4 Å². The van der Waals surface area contributed by atoms with E-state index in [2.05, 4.69) is 10.2 Å². The van der Waals surface area contributed by atoms with E-state index in [-0.39, 0.29) is 5.96 Å². The molecule has 0 fully saturated rings. The van der Waals surface area contributed by atoms with Gasteiger partial charge >= 0.3 is 0 Å². The SMILES string of the molecule is CC(C)(C#N)N=NC(=N)N. The summed E-state index contributed by atoms with van der Waals surface area (Å²) in [6.07, 6.45) is 0. The molecule has 0 saturated heterocycles. The molecule has 5 heteroatoms. The molecule has 0 aliphatic heterocycles. The van der Waals surface area contributed by atoms with Gasteiger partial charge in [-0.15, -0.1) is 5.11 Å². The van der Waals surface area contributed by atoms with Crippen molar-refractivity contribution in [3.8, 4) is 6.07 Å². The maximum atomic E-state index is 8.39. The van der Waals surface area contributed by atoms with Crippen LogP contribution in [0.25, 0.3) is 0 Å². The fourth-order valence-electron chi connectivity index (χ4n) is 0.201. The van der Waals surface area contributed by atoms with E-state index in [9.17, 15) is 0 Å². The first-order valence-electron chi connectivity index (χ1n) is 2.66. The lowest BCUT2D eigenvalue weighted by Crippen LogP contribution is -2.14. The van der Waals surface area contributed by atoms with Gasteiger partial charge < -0.3 is 5.73 Å². The molecule has 0 aliphatic rings. The Kier molecular flexibility index (Phi) is 2.50. The number of hydrogen-bond acceptors (Lipinski definition) is 3. The second kappa shape index (κ2) is 2.92. The molecule has 0 amide bonds. The van der Waals surface area contributed by atoms with Gasteiger partial charge in [0.15, 0.2) is 5.54 Å². The molecule has 0 radical (unpaired) electrons. The van der Waals surface area contributed by atoms with Gasteiger partial charge in [-0.05, 0) is 13.8 Å². The van der Waals surface area contributed by atoms with Crippen molar-refractivity contribution in [3.05, 3.63) is 0 Å². The topological polar surface area (TPSA) is 98.4 Å². The molecular formula is C5H9N5. The monoisotopic (exact) mass is 139 g/mol. The van der Waals surface area contributed by atoms with Crippen molar-refractivity contribution in [2.24, 2.45) is 16.0 Å². The lowest BCUT2D eigenvalue weighted by molar-refractivity contribution is 0.636. The lowest BCUT2D eigenvalue weighted by Gasteiger charge is -2.03. The number of nitriles is 1. The average molecular weight is 139 g/mol. The van der Waals surface area contributed by atoms with E-state index in [4.69, 9.17) is 16.4 Å². The summed E-state index contributed by atoms with van der Waals surface area (Å²) in [4.78, 5) is 0. The van der Waals surface area contributed by atoms with Gasteiger partial charge in [-0.1, -0.05) is 0 Å². The van der Waals surface area contributed by atoms with Gasteiger partial charge in [0.25, 0.3) is 0 Å². The standard InChI is InChI=1S/C5H9N5/c1-5(2,3-6)10-9-4(7)8/h1-2H3,(H3,7,8). The van der Waals surface area contributed by atoms with Crippen LogP contribution in [0.3, 0.4) is 0 Å². The number of guanidine groups is 1. The molecule has 0 spiro atoms. The molecule has 0 aliphatic carbocycles. The van der Waals surface area contributed by atoms with Gasteiger partial charge in [0.1, 0.15) is 0 Å². The zero-order valence-corrected chi connectivity index (χ0v) is 5.92. The van der Waals surface area contributed by atoms with Crippen LogP contribution >= 0.6 is 0 Å². The first kappa shape index (κ1) is 8.56. The second-order valence-corrected chi connectivity index (χ2v) is 2.26. The summed E-state index contributed by atoms with van der Waals surface area (Å²) in [5.74, 6) is -0.386. The molecule has 0 bridgehead atoms. The van der Waals surface area contributed by atoms with Crippen molar-refractivity contribution in [2.75, 3.05) is 0 Å². The minimum absolute atomic E-state index is 0.386. The Balaban J connectivity index is 4.16. The summed E-state index contributed by atoms with van der Waals surface area (Å²) in [5, 5.41) is 21.8. The van der Waals surface area contributed by atoms with Crippen LogP contribution < -0.4 is 5.73 Å². The quantitative estimate of drug-likeness (QED) is 0.316. The van der Waals surface area contributed by atoms with Crippen molar-refractivity contribution >= 4 is 5.96 Å². The molecule has 10 heavy (non-hydrogen) atoms. The zero-order chi connectivity index (χ0) is 8.20. The van der Waals surface area contributed by atoms with Crippen molar-refractivity contribution < 1.29 is 0 Å². The van der Waals surface area contributed by atoms with E-state index in [1.165, 1.54) is 0 Å². The summed E-state index contributed by atoms with van der Waals surface area (Å²) in [6, 6.07) is 1.88. The molecule has 0 aromatic heterocycles. The first-order valence-corrected chi connectivity index (χ1v) is 2.66. The smallest absolute Gasteiger partial charge is 0.232 e. The van der Waals surface area contributed by atoms with E-state index in [1.54, 1.807) is 13.8 Å². The molecule has 0 heterocycles. The van der Waals surface area contributed by atoms with Gasteiger partial charge in [0.05, 0.1) is 6.07 Å². The van der Waals surface area contributed by atoms with Crippen molar-refractivity contribution in [1.82, 2.24) is 0 Å². The predicted octanol–water partition coefficient (Wildman–Crippen LogP) is 0.634. The van der Waals surface area contributed by atoms with Crippen LogP contribution in [0.1, 0.15) is 13.8 Å². The molecule has 0 saturated carbocycles. The molecule has 0 rings (SSSR count). The summed E-state index contributed by atoms with van der Waals surface area (Å²) >= 11 is 0. The van der Waals surface area contributed by atoms with Gasteiger partial charge in [-0.25, -0.2) is 0 Å². The third kappa shape index (κ3) is 3.55. The minimum atomic E-state index is -0.883. The lowest BCUT2D eigenvalue weighted by atomic mass is 10.1. The maximum absolute atomic E-state index is 8.39. The van der Waals surface area contributed by atoms with Crippen LogP contribution in [0.15, 0.2) is 10.2 Å². The van der Waals surface area contributed by atoms with Crippen molar-refractivity contribution in [1.29, 1.82) is 10.7 Å². The van der Waals surface area contributed by atoms with E-state index in [0.717, 1.165) is 0 Å². The normalized spacial score (nSPS) is 11.3. The van der Waals surface area contributed by atoms with Gasteiger partial charge in [0, 0.05) is 0 Å². The predicted molar refractivity (Wildman–Crippen MR) is 36.5 cm³/mol. The van der Waals surface area contributed by atoms with Crippen molar-refractivity contribution in [2.45, 2.75) is 19.4 Å². The van der Waals surface area contributed by atoms with E-state index >= 15 is 0 Å². The molecule has 0 atom stereocenters. The Hall–Kier alpha value is -1.44. The van der Waals surface area contributed by atoms with Crippen LogP contribution in [0.5, 0.6) is 0 Å². The fourth-order valence-corrected chi connectivity index (χ4v) is 0.201. The van der Waals surface area contributed by atoms with Gasteiger partial charge in [0.2, 0.25) is 5.96 Å². The maximum Gasteiger partial charge on any atom is 0.232 e. The molecule has 54 valence electrons. The van der Waals surface area contributed by atoms with Crippen LogP contribution in [0.4, 0.5) is 0 Å². The molecule has 5 nitrogen and oxygen atoms in total. The van der Waals surface area contributed by atoms with E-state index in [1.807, 2.05) is 6.07 Å². The summed E-state index contributed by atoms with van der Waals surface area (Å²) in [5.41, 5.74) is 3.98. The molecule has 0 aromatic carbocycles. The highest BCUT2D eigenvalue weighted by molar-refractivity contribution is 5.74. The van der Waals surface area contributed by atoms with Crippen LogP contribution in [-0.2, 0) is 0 Å². The first-order chi connectivity index (χ1) is 4.48. The average Bonchev–Trinajstić information content (AvgIpc) is 1.85. The number of rotatable bonds is 1. The second-order valence-electron chi connectivity index (χ2n) is 2.26. The minimum Gasteiger partial charge on any atom is -0.367 e. The Morgan fingerprint density at radius 3 is 2.50 bits per heavy atom. The van der Waals surface area contributed by atoms with Crippen LogP contribution in [0.2, 0.25) is 0 Å². The Morgan fingerprint density at radius 2 is 2.20 bits per heavy atom. The molecule has 0 unspecified atom stereocenters. The number of hydrogen-bond donors (Lipinski definition) is 2. The third-order valence-electron chi connectivity index (χ3n) is 0.681. The molecule has 3 N–H and O–H groups in total. The van der Waals surface area contributed by atoms with E-state index in [0.29, 0.717) is 0 Å². The Morgan fingerprint density at radius 1 is 1.70 bits per heavy atom. The summed E-state index contributed by atoms with van der Waals surface area (Å²) in [7, 11) is 0. The Bertz CT molecular complexity index is 197. The molecular weight excluding hydrogens is 130 g/mol. The third-order valence-corrected chi connectivity index (χ3v) is 0.681. The summed E-state index contributed by atoms with van der Waals surface area (Å²) < 4.78 is 0. The number of nitrogens with zero attached hydrogens (tertiary/aromatic N) is 3. The van der Waals surface area contributed by atoms with Crippen LogP contribution in [-0.4, -0.2) is 11.5 Å². The van der Waals surface area contributed by atoms with E-state index < -0.39 is 5.54 Å². The highest BCUT2D eigenvalue weighted by Crippen LogP contribution is 2.05. The largest absolute Gasteiger partial charge is 0.367 e. The number of azo groups is 1. The highest BCUT2D eigenvalue weighted by Gasteiger charge is 2.13. The zero-order valence-electron chi connectivity index (χ0n) is 5.92. The fraction of sp³-hybridized carbons (Fsp3) is 0.600. The highest BCUT2D eigenvalue weighted by atomic mass is 15.2. The Labute approximate surface area is 59.1 Å². The number of nitrogens with one attached hydrogen (secondary N) is 1. The number of nitrogens with two attached hydrogens (primary N) is 1. The summed E-state index contributed by atoms with van der Waals surface area (Å²) in [6.45, 7) is 3.17.